The number of sulfonamides is 1. The predicted octanol–water partition coefficient (Wildman–Crippen LogP) is 2.26. The summed E-state index contributed by atoms with van der Waals surface area (Å²) < 4.78 is 24.6. The fourth-order valence-corrected chi connectivity index (χ4v) is 3.71. The van der Waals surface area contributed by atoms with E-state index in [1.807, 2.05) is 36.4 Å². The summed E-state index contributed by atoms with van der Waals surface area (Å²) in [5, 5.41) is 2.72. The van der Waals surface area contributed by atoms with Gasteiger partial charge in [0.2, 0.25) is 15.9 Å². The largest absolute Gasteiger partial charge is 0.341 e. The molecule has 0 spiro atoms. The van der Waals surface area contributed by atoms with E-state index in [9.17, 15) is 13.2 Å². The third-order valence-electron chi connectivity index (χ3n) is 4.12. The summed E-state index contributed by atoms with van der Waals surface area (Å²) in [6.07, 6.45) is 2.04. The maximum absolute atomic E-state index is 12.0. The van der Waals surface area contributed by atoms with E-state index >= 15 is 0 Å². The molecule has 25 heavy (non-hydrogen) atoms. The topological polar surface area (TPSA) is 78.5 Å². The van der Waals surface area contributed by atoms with E-state index < -0.39 is 22.0 Å². The Labute approximate surface area is 147 Å². The minimum absolute atomic E-state index is 0.398. The molecule has 1 unspecified atom stereocenters. The van der Waals surface area contributed by atoms with Crippen LogP contribution < -0.4 is 14.9 Å². The Morgan fingerprint density at radius 3 is 2.48 bits per heavy atom. The van der Waals surface area contributed by atoms with Crippen LogP contribution in [0.5, 0.6) is 0 Å². The number of benzene rings is 2. The van der Waals surface area contributed by atoms with Crippen LogP contribution in [0.25, 0.3) is 0 Å². The molecule has 0 aliphatic carbocycles. The van der Waals surface area contributed by atoms with Gasteiger partial charge >= 0.3 is 0 Å². The number of anilines is 3. The van der Waals surface area contributed by atoms with Gasteiger partial charge in [0.15, 0.2) is 0 Å². The number of fused-ring (bicyclic) bond motifs is 1. The van der Waals surface area contributed by atoms with Gasteiger partial charge < -0.3 is 10.2 Å². The van der Waals surface area contributed by atoms with Gasteiger partial charge in [0.1, 0.15) is 0 Å². The maximum Gasteiger partial charge on any atom is 0.242 e. The minimum Gasteiger partial charge on any atom is -0.341 e. The van der Waals surface area contributed by atoms with Crippen molar-refractivity contribution in [3.8, 4) is 0 Å². The van der Waals surface area contributed by atoms with Crippen molar-refractivity contribution in [2.24, 2.45) is 0 Å². The number of amides is 1. The monoisotopic (exact) mass is 359 g/mol. The lowest BCUT2D eigenvalue weighted by atomic mass is 10.2. The number of carbonyl (C=O) groups is 1. The summed E-state index contributed by atoms with van der Waals surface area (Å²) in [4.78, 5) is 14.3. The third-order valence-corrected chi connectivity index (χ3v) is 4.90. The van der Waals surface area contributed by atoms with Crippen LogP contribution in [0.1, 0.15) is 12.5 Å². The first kappa shape index (κ1) is 17.4. The molecule has 0 fully saturated rings. The van der Waals surface area contributed by atoms with Crippen LogP contribution >= 0.6 is 0 Å². The van der Waals surface area contributed by atoms with E-state index in [1.54, 1.807) is 0 Å². The molecule has 2 aromatic rings. The maximum atomic E-state index is 12.0. The van der Waals surface area contributed by atoms with Crippen molar-refractivity contribution in [2.45, 2.75) is 19.4 Å². The number of nitrogens with one attached hydrogen (secondary N) is 2. The molecule has 0 radical (unpaired) electrons. The first-order valence-electron chi connectivity index (χ1n) is 8.07. The molecular weight excluding hydrogens is 338 g/mol. The predicted molar refractivity (Wildman–Crippen MR) is 99.7 cm³/mol. The van der Waals surface area contributed by atoms with E-state index in [0.717, 1.165) is 24.9 Å². The van der Waals surface area contributed by atoms with Crippen LogP contribution in [0, 0.1) is 0 Å². The third kappa shape index (κ3) is 4.18. The van der Waals surface area contributed by atoms with Crippen LogP contribution in [0.3, 0.4) is 0 Å². The van der Waals surface area contributed by atoms with E-state index in [1.165, 1.54) is 18.2 Å². The van der Waals surface area contributed by atoms with Crippen LogP contribution in [-0.4, -0.2) is 33.2 Å². The van der Waals surface area contributed by atoms with Gasteiger partial charge in [0.25, 0.3) is 0 Å². The van der Waals surface area contributed by atoms with Gasteiger partial charge in [-0.25, -0.2) is 13.1 Å². The second kappa shape index (κ2) is 6.85. The number of hydrogen-bond acceptors (Lipinski definition) is 4. The molecule has 0 saturated carbocycles. The minimum atomic E-state index is -3.42. The highest BCUT2D eigenvalue weighted by atomic mass is 32.2. The van der Waals surface area contributed by atoms with Crippen LogP contribution in [0.4, 0.5) is 17.1 Å². The van der Waals surface area contributed by atoms with E-state index in [-0.39, 0.29) is 0 Å². The highest BCUT2D eigenvalue weighted by Gasteiger charge is 2.20. The van der Waals surface area contributed by atoms with E-state index in [2.05, 4.69) is 27.1 Å². The molecule has 1 aliphatic heterocycles. The van der Waals surface area contributed by atoms with Gasteiger partial charge in [0, 0.05) is 23.6 Å². The molecule has 6 nitrogen and oxygen atoms in total. The standard InChI is InChI=1S/C18H21N3O3S/c1-13(20-25(2,23)24)18(22)19-15-7-9-16(10-8-15)21-12-11-14-5-3-4-6-17(14)21/h3-10,13,20H,11-12H2,1-2H3,(H,19,22). The lowest BCUT2D eigenvalue weighted by Gasteiger charge is -2.20. The number of para-hydroxylation sites is 1. The molecule has 3 rings (SSSR count). The summed E-state index contributed by atoms with van der Waals surface area (Å²) in [6.45, 7) is 2.44. The molecular formula is C18H21N3O3S. The smallest absolute Gasteiger partial charge is 0.242 e. The Bertz CT molecular complexity index is 879. The Kier molecular flexibility index (Phi) is 4.78. The van der Waals surface area contributed by atoms with Gasteiger partial charge in [-0.2, -0.15) is 0 Å². The fraction of sp³-hybridized carbons (Fsp3) is 0.278. The summed E-state index contributed by atoms with van der Waals surface area (Å²) in [6, 6.07) is 15.0. The van der Waals surface area contributed by atoms with Gasteiger partial charge in [-0.05, 0) is 49.2 Å². The Hall–Kier alpha value is -2.38. The zero-order chi connectivity index (χ0) is 18.0. The van der Waals surface area contributed by atoms with Gasteiger partial charge in [-0.15, -0.1) is 0 Å². The number of nitrogens with zero attached hydrogens (tertiary/aromatic N) is 1. The molecule has 1 atom stereocenters. The summed E-state index contributed by atoms with van der Waals surface area (Å²) in [5.41, 5.74) is 4.24. The van der Waals surface area contributed by atoms with Crippen molar-refractivity contribution in [1.29, 1.82) is 0 Å². The average Bonchev–Trinajstić information content (AvgIpc) is 2.98. The van der Waals surface area contributed by atoms with Crippen molar-refractivity contribution in [3.63, 3.8) is 0 Å². The molecule has 0 bridgehead atoms. The van der Waals surface area contributed by atoms with Crippen molar-refractivity contribution in [3.05, 3.63) is 54.1 Å². The normalized spacial score (nSPS) is 14.9. The zero-order valence-electron chi connectivity index (χ0n) is 14.2. The Morgan fingerprint density at radius 1 is 1.12 bits per heavy atom. The van der Waals surface area contributed by atoms with Crippen molar-refractivity contribution >= 4 is 33.0 Å². The molecule has 0 saturated heterocycles. The molecule has 1 amide bonds. The van der Waals surface area contributed by atoms with Crippen LogP contribution in [0.2, 0.25) is 0 Å². The summed E-state index contributed by atoms with van der Waals surface area (Å²) in [7, 11) is -3.42. The van der Waals surface area contributed by atoms with Crippen LogP contribution in [0.15, 0.2) is 48.5 Å². The highest BCUT2D eigenvalue weighted by molar-refractivity contribution is 7.88. The van der Waals surface area contributed by atoms with Gasteiger partial charge in [0.05, 0.1) is 12.3 Å². The molecule has 1 heterocycles. The lowest BCUT2D eigenvalue weighted by Crippen LogP contribution is -2.40. The van der Waals surface area contributed by atoms with Crippen molar-refractivity contribution in [1.82, 2.24) is 4.72 Å². The van der Waals surface area contributed by atoms with Crippen molar-refractivity contribution in [2.75, 3.05) is 23.0 Å². The SMILES string of the molecule is CC(NS(C)(=O)=O)C(=O)Nc1ccc(N2CCc3ccccc32)cc1. The Morgan fingerprint density at radius 2 is 1.80 bits per heavy atom. The van der Waals surface area contributed by atoms with E-state index in [4.69, 9.17) is 0 Å². The molecule has 1 aliphatic rings. The molecule has 2 N–H and O–H groups in total. The second-order valence-electron chi connectivity index (χ2n) is 6.18. The average molecular weight is 359 g/mol. The van der Waals surface area contributed by atoms with Gasteiger partial charge in [-0.1, -0.05) is 18.2 Å². The molecule has 2 aromatic carbocycles. The lowest BCUT2D eigenvalue weighted by molar-refractivity contribution is -0.117. The summed E-state index contributed by atoms with van der Waals surface area (Å²) in [5.74, 6) is -0.398. The fourth-order valence-electron chi connectivity index (χ4n) is 2.96. The first-order chi connectivity index (χ1) is 11.8. The van der Waals surface area contributed by atoms with E-state index in [0.29, 0.717) is 5.69 Å². The number of hydrogen-bond donors (Lipinski definition) is 2. The second-order valence-corrected chi connectivity index (χ2v) is 7.96. The first-order valence-corrected chi connectivity index (χ1v) is 9.96. The van der Waals surface area contributed by atoms with Crippen LogP contribution in [-0.2, 0) is 21.2 Å². The molecule has 7 heteroatoms. The summed E-state index contributed by atoms with van der Waals surface area (Å²) >= 11 is 0. The van der Waals surface area contributed by atoms with Crippen molar-refractivity contribution < 1.29 is 13.2 Å². The Balaban J connectivity index is 1.68. The molecule has 132 valence electrons. The van der Waals surface area contributed by atoms with Gasteiger partial charge in [-0.3, -0.25) is 4.79 Å². The quantitative estimate of drug-likeness (QED) is 0.858. The molecule has 0 aromatic heterocycles. The zero-order valence-corrected chi connectivity index (χ0v) is 15.0. The number of carbonyl (C=O) groups excluding carboxylic acids is 1. The number of rotatable bonds is 5. The highest BCUT2D eigenvalue weighted by Crippen LogP contribution is 2.34.